The summed E-state index contributed by atoms with van der Waals surface area (Å²) in [5.41, 5.74) is 1.70. The molecule has 0 fully saturated rings. The first-order chi connectivity index (χ1) is 10.4. The van der Waals surface area contributed by atoms with Crippen molar-refractivity contribution >= 4 is 28.2 Å². The lowest BCUT2D eigenvalue weighted by molar-refractivity contribution is 0.101. The molecular formula is C13H15N7OS. The Morgan fingerprint density at radius 1 is 1.27 bits per heavy atom. The quantitative estimate of drug-likeness (QED) is 0.793. The van der Waals surface area contributed by atoms with Crippen molar-refractivity contribution in [2.75, 3.05) is 5.32 Å². The Bertz CT molecular complexity index is 851. The number of hydrogen-bond donors (Lipinski definition) is 1. The molecule has 0 aromatic carbocycles. The van der Waals surface area contributed by atoms with Gasteiger partial charge in [-0.25, -0.2) is 9.50 Å². The molecule has 9 heteroatoms. The van der Waals surface area contributed by atoms with Crippen LogP contribution in [-0.4, -0.2) is 35.7 Å². The first-order valence-electron chi connectivity index (χ1n) is 6.80. The van der Waals surface area contributed by atoms with E-state index in [1.54, 1.807) is 4.52 Å². The number of nitrogens with one attached hydrogen (secondary N) is 1. The molecule has 3 rings (SSSR count). The van der Waals surface area contributed by atoms with Gasteiger partial charge in [0.1, 0.15) is 5.01 Å². The van der Waals surface area contributed by atoms with Gasteiger partial charge < -0.3 is 0 Å². The summed E-state index contributed by atoms with van der Waals surface area (Å²) in [4.78, 5) is 20.6. The Kier molecular flexibility index (Phi) is 3.57. The van der Waals surface area contributed by atoms with Gasteiger partial charge in [0.15, 0.2) is 0 Å². The number of hydrogen-bond acceptors (Lipinski definition) is 7. The molecule has 0 saturated heterocycles. The molecule has 3 heterocycles. The number of rotatable bonds is 3. The van der Waals surface area contributed by atoms with Crippen molar-refractivity contribution in [3.05, 3.63) is 28.3 Å². The third kappa shape index (κ3) is 2.67. The molecule has 3 aromatic rings. The molecule has 0 bridgehead atoms. The summed E-state index contributed by atoms with van der Waals surface area (Å²) >= 11 is 1.34. The Hall–Kier alpha value is -2.42. The van der Waals surface area contributed by atoms with Gasteiger partial charge in [0.2, 0.25) is 11.0 Å². The number of nitrogens with zero attached hydrogens (tertiary/aromatic N) is 6. The molecule has 1 N–H and O–H groups in total. The average molecular weight is 317 g/mol. The van der Waals surface area contributed by atoms with Crippen molar-refractivity contribution in [2.45, 2.75) is 33.6 Å². The molecule has 3 aromatic heterocycles. The molecule has 114 valence electrons. The van der Waals surface area contributed by atoms with Crippen molar-refractivity contribution in [3.8, 4) is 0 Å². The number of aromatic nitrogens is 6. The van der Waals surface area contributed by atoms with Crippen molar-refractivity contribution in [2.24, 2.45) is 0 Å². The predicted molar refractivity (Wildman–Crippen MR) is 82.2 cm³/mol. The highest BCUT2D eigenvalue weighted by atomic mass is 32.1. The van der Waals surface area contributed by atoms with Crippen LogP contribution in [0.2, 0.25) is 0 Å². The van der Waals surface area contributed by atoms with E-state index in [2.05, 4.69) is 30.6 Å². The molecule has 0 saturated carbocycles. The van der Waals surface area contributed by atoms with E-state index in [0.29, 0.717) is 10.9 Å². The highest BCUT2D eigenvalue weighted by Crippen LogP contribution is 2.22. The molecule has 0 unspecified atom stereocenters. The fourth-order valence-electron chi connectivity index (χ4n) is 1.93. The van der Waals surface area contributed by atoms with Gasteiger partial charge in [0, 0.05) is 17.3 Å². The third-order valence-corrected chi connectivity index (χ3v) is 4.12. The molecule has 0 spiro atoms. The number of amides is 1. The Morgan fingerprint density at radius 2 is 2.05 bits per heavy atom. The van der Waals surface area contributed by atoms with Crippen LogP contribution in [0, 0.1) is 13.8 Å². The Labute approximate surface area is 130 Å². The van der Waals surface area contributed by atoms with Crippen LogP contribution in [-0.2, 0) is 0 Å². The van der Waals surface area contributed by atoms with Crippen molar-refractivity contribution in [1.82, 2.24) is 29.8 Å². The zero-order valence-corrected chi connectivity index (χ0v) is 13.5. The highest BCUT2D eigenvalue weighted by molar-refractivity contribution is 7.15. The Balaban J connectivity index is 1.87. The smallest absolute Gasteiger partial charge is 0.294 e. The van der Waals surface area contributed by atoms with E-state index in [0.717, 1.165) is 16.4 Å². The fourth-order valence-corrected chi connectivity index (χ4v) is 2.67. The predicted octanol–water partition coefficient (Wildman–Crippen LogP) is 1.97. The lowest BCUT2D eigenvalue weighted by atomic mass is 10.2. The van der Waals surface area contributed by atoms with Crippen LogP contribution < -0.4 is 5.32 Å². The maximum atomic E-state index is 12.2. The zero-order chi connectivity index (χ0) is 15.9. The lowest BCUT2D eigenvalue weighted by Gasteiger charge is -1.97. The number of fused-ring (bicyclic) bond motifs is 1. The van der Waals surface area contributed by atoms with Gasteiger partial charge in [-0.1, -0.05) is 25.2 Å². The van der Waals surface area contributed by atoms with Crippen LogP contribution in [0.25, 0.3) is 5.78 Å². The van der Waals surface area contributed by atoms with Gasteiger partial charge in [-0.2, -0.15) is 4.98 Å². The molecule has 0 aliphatic heterocycles. The maximum absolute atomic E-state index is 12.2. The highest BCUT2D eigenvalue weighted by Gasteiger charge is 2.17. The van der Waals surface area contributed by atoms with E-state index < -0.39 is 5.91 Å². The van der Waals surface area contributed by atoms with Crippen LogP contribution >= 0.6 is 11.3 Å². The van der Waals surface area contributed by atoms with E-state index in [1.165, 1.54) is 11.3 Å². The summed E-state index contributed by atoms with van der Waals surface area (Å²) in [6, 6.07) is 1.88. The van der Waals surface area contributed by atoms with Crippen LogP contribution in [0.1, 0.15) is 46.8 Å². The second-order valence-corrected chi connectivity index (χ2v) is 6.25. The van der Waals surface area contributed by atoms with E-state index in [-0.39, 0.29) is 11.7 Å². The van der Waals surface area contributed by atoms with Gasteiger partial charge >= 0.3 is 0 Å². The average Bonchev–Trinajstić information content (AvgIpc) is 3.05. The van der Waals surface area contributed by atoms with E-state index >= 15 is 0 Å². The zero-order valence-electron chi connectivity index (χ0n) is 12.7. The van der Waals surface area contributed by atoms with Crippen molar-refractivity contribution in [1.29, 1.82) is 0 Å². The summed E-state index contributed by atoms with van der Waals surface area (Å²) in [5, 5.41) is 16.1. The monoisotopic (exact) mass is 317 g/mol. The van der Waals surface area contributed by atoms with Gasteiger partial charge in [-0.15, -0.1) is 15.3 Å². The fraction of sp³-hybridized carbons (Fsp3) is 0.385. The molecule has 0 aliphatic carbocycles. The topological polar surface area (TPSA) is 98.0 Å². The minimum Gasteiger partial charge on any atom is -0.294 e. The van der Waals surface area contributed by atoms with Gasteiger partial charge in [0.25, 0.3) is 11.7 Å². The largest absolute Gasteiger partial charge is 0.297 e. The standard InChI is InChI=1S/C13H15N7OS/c1-6(2)11-17-18-13(22-11)16-10(21)9-15-12-14-7(3)5-8(4)20(12)19-9/h5-6H,1-4H3,(H,16,18,21). The molecule has 0 atom stereocenters. The molecule has 1 amide bonds. The SMILES string of the molecule is Cc1cc(C)n2nc(C(=O)Nc3nnc(C(C)C)s3)nc2n1. The molecule has 0 radical (unpaired) electrons. The minimum absolute atomic E-state index is 0.0579. The van der Waals surface area contributed by atoms with Crippen LogP contribution in [0.5, 0.6) is 0 Å². The normalized spacial score (nSPS) is 11.3. The van der Waals surface area contributed by atoms with Gasteiger partial charge in [0.05, 0.1) is 0 Å². The molecule has 8 nitrogen and oxygen atoms in total. The van der Waals surface area contributed by atoms with Crippen LogP contribution in [0.3, 0.4) is 0 Å². The number of anilines is 1. The summed E-state index contributed by atoms with van der Waals surface area (Å²) in [7, 11) is 0. The first-order valence-corrected chi connectivity index (χ1v) is 7.61. The second-order valence-electron chi connectivity index (χ2n) is 5.24. The minimum atomic E-state index is -0.422. The number of carbonyl (C=O) groups is 1. The van der Waals surface area contributed by atoms with Gasteiger partial charge in [-0.3, -0.25) is 10.1 Å². The van der Waals surface area contributed by atoms with Crippen molar-refractivity contribution < 1.29 is 4.79 Å². The van der Waals surface area contributed by atoms with Crippen molar-refractivity contribution in [3.63, 3.8) is 0 Å². The number of aryl methyl sites for hydroxylation is 2. The molecule has 0 aliphatic rings. The van der Waals surface area contributed by atoms with E-state index in [9.17, 15) is 4.79 Å². The van der Waals surface area contributed by atoms with E-state index in [4.69, 9.17) is 0 Å². The molecular weight excluding hydrogens is 302 g/mol. The van der Waals surface area contributed by atoms with Gasteiger partial charge in [-0.05, 0) is 19.9 Å². The Morgan fingerprint density at radius 3 is 2.73 bits per heavy atom. The second kappa shape index (κ2) is 5.41. The summed E-state index contributed by atoms with van der Waals surface area (Å²) < 4.78 is 1.54. The number of carbonyl (C=O) groups excluding carboxylic acids is 1. The molecule has 22 heavy (non-hydrogen) atoms. The first kappa shape index (κ1) is 14.5. The summed E-state index contributed by atoms with van der Waals surface area (Å²) in [6.07, 6.45) is 0. The van der Waals surface area contributed by atoms with E-state index in [1.807, 2.05) is 33.8 Å². The third-order valence-electron chi connectivity index (χ3n) is 2.98. The summed E-state index contributed by atoms with van der Waals surface area (Å²) in [5.74, 6) is 0.311. The van der Waals surface area contributed by atoms with Crippen LogP contribution in [0.15, 0.2) is 6.07 Å². The summed E-state index contributed by atoms with van der Waals surface area (Å²) in [6.45, 7) is 7.80. The lowest BCUT2D eigenvalue weighted by Crippen LogP contribution is -2.13. The van der Waals surface area contributed by atoms with Crippen LogP contribution in [0.4, 0.5) is 5.13 Å². The maximum Gasteiger partial charge on any atom is 0.297 e.